The minimum Gasteiger partial charge on any atom is -0.480 e. The molecule has 2 fully saturated rings. The molecule has 3 N–H and O–H groups in total. The maximum absolute atomic E-state index is 12.4. The second kappa shape index (κ2) is 9.20. The van der Waals surface area contributed by atoms with Crippen molar-refractivity contribution in [2.75, 3.05) is 6.54 Å². The van der Waals surface area contributed by atoms with Gasteiger partial charge in [0.1, 0.15) is 6.04 Å². The van der Waals surface area contributed by atoms with Crippen LogP contribution in [0.15, 0.2) is 0 Å². The van der Waals surface area contributed by atoms with Gasteiger partial charge < -0.3 is 15.7 Å². The summed E-state index contributed by atoms with van der Waals surface area (Å²) in [6, 6.07) is -0.901. The Bertz CT molecular complexity index is 492. The fourth-order valence-corrected chi connectivity index (χ4v) is 4.36. The molecule has 2 rings (SSSR count). The van der Waals surface area contributed by atoms with Gasteiger partial charge in [-0.15, -0.1) is 0 Å². The summed E-state index contributed by atoms with van der Waals surface area (Å²) < 4.78 is 0. The molecule has 142 valence electrons. The maximum Gasteiger partial charge on any atom is 0.326 e. The lowest BCUT2D eigenvalue weighted by Gasteiger charge is -2.38. The lowest BCUT2D eigenvalue weighted by atomic mass is 9.67. The molecule has 0 radical (unpaired) electrons. The van der Waals surface area contributed by atoms with Crippen LogP contribution < -0.4 is 10.6 Å². The van der Waals surface area contributed by atoms with Gasteiger partial charge in [0.2, 0.25) is 11.8 Å². The first-order valence-corrected chi connectivity index (χ1v) is 9.66. The third-order valence-corrected chi connectivity index (χ3v) is 5.67. The van der Waals surface area contributed by atoms with E-state index in [4.69, 9.17) is 5.11 Å². The minimum atomic E-state index is -1.04. The summed E-state index contributed by atoms with van der Waals surface area (Å²) >= 11 is 0. The fourth-order valence-electron chi connectivity index (χ4n) is 4.36. The van der Waals surface area contributed by atoms with Gasteiger partial charge in [-0.05, 0) is 43.4 Å². The molecular formula is C19H32N2O4. The predicted molar refractivity (Wildman–Crippen MR) is 94.8 cm³/mol. The Balaban J connectivity index is 1.75. The fraction of sp³-hybridized carbons (Fsp3) is 0.842. The second-order valence-electron chi connectivity index (χ2n) is 8.12. The number of hydrogen-bond donors (Lipinski definition) is 3. The van der Waals surface area contributed by atoms with Crippen LogP contribution in [0.3, 0.4) is 0 Å². The van der Waals surface area contributed by atoms with Gasteiger partial charge in [0.15, 0.2) is 0 Å². The summed E-state index contributed by atoms with van der Waals surface area (Å²) in [4.78, 5) is 35.5. The molecule has 2 aliphatic carbocycles. The third-order valence-electron chi connectivity index (χ3n) is 5.67. The Morgan fingerprint density at radius 2 is 1.72 bits per heavy atom. The average Bonchev–Trinajstić information content (AvgIpc) is 2.58. The van der Waals surface area contributed by atoms with E-state index in [9.17, 15) is 14.4 Å². The van der Waals surface area contributed by atoms with Crippen molar-refractivity contribution < 1.29 is 19.5 Å². The largest absolute Gasteiger partial charge is 0.480 e. The van der Waals surface area contributed by atoms with Crippen LogP contribution in [0, 0.1) is 23.7 Å². The number of carboxylic acids is 1. The summed E-state index contributed by atoms with van der Waals surface area (Å²) in [6.07, 6.45) is 8.44. The van der Waals surface area contributed by atoms with Gasteiger partial charge in [-0.3, -0.25) is 9.59 Å². The van der Waals surface area contributed by atoms with Gasteiger partial charge in [0.05, 0.1) is 6.54 Å². The van der Waals surface area contributed by atoms with Gasteiger partial charge in [0.25, 0.3) is 0 Å². The van der Waals surface area contributed by atoms with Crippen LogP contribution >= 0.6 is 0 Å². The van der Waals surface area contributed by atoms with E-state index in [0.717, 1.165) is 25.2 Å². The molecule has 0 aromatic carbocycles. The Hall–Kier alpha value is -1.59. The first kappa shape index (κ1) is 19.7. The van der Waals surface area contributed by atoms with Crippen molar-refractivity contribution in [3.05, 3.63) is 0 Å². The minimum absolute atomic E-state index is 0.00177. The van der Waals surface area contributed by atoms with E-state index in [1.54, 1.807) is 0 Å². The van der Waals surface area contributed by atoms with Crippen LogP contribution in [-0.4, -0.2) is 35.5 Å². The van der Waals surface area contributed by atoms with E-state index in [1.807, 2.05) is 13.8 Å². The van der Waals surface area contributed by atoms with Gasteiger partial charge in [-0.25, -0.2) is 4.79 Å². The number of aliphatic carboxylic acids is 1. The van der Waals surface area contributed by atoms with E-state index >= 15 is 0 Å². The number of carbonyl (C=O) groups excluding carboxylic acids is 2. The van der Waals surface area contributed by atoms with Crippen molar-refractivity contribution in [1.82, 2.24) is 10.6 Å². The third kappa shape index (κ3) is 6.01. The van der Waals surface area contributed by atoms with Crippen molar-refractivity contribution in [1.29, 1.82) is 0 Å². The van der Waals surface area contributed by atoms with Crippen LogP contribution in [0.4, 0.5) is 0 Å². The number of rotatable bonds is 7. The molecule has 0 spiro atoms. The highest BCUT2D eigenvalue weighted by atomic mass is 16.4. The monoisotopic (exact) mass is 352 g/mol. The first-order valence-electron chi connectivity index (χ1n) is 9.66. The zero-order valence-corrected chi connectivity index (χ0v) is 15.4. The molecule has 0 aromatic heterocycles. The highest BCUT2D eigenvalue weighted by Crippen LogP contribution is 2.42. The molecule has 0 saturated heterocycles. The molecule has 0 aromatic rings. The highest BCUT2D eigenvalue weighted by Gasteiger charge is 2.35. The van der Waals surface area contributed by atoms with Crippen LogP contribution in [0.5, 0.6) is 0 Å². The summed E-state index contributed by atoms with van der Waals surface area (Å²) in [5.74, 6) is 0.0781. The summed E-state index contributed by atoms with van der Waals surface area (Å²) in [5.41, 5.74) is 0. The molecule has 6 nitrogen and oxygen atoms in total. The molecule has 4 atom stereocenters. The Labute approximate surface area is 150 Å². The van der Waals surface area contributed by atoms with Crippen molar-refractivity contribution >= 4 is 17.8 Å². The van der Waals surface area contributed by atoms with Crippen LogP contribution in [0.25, 0.3) is 0 Å². The summed E-state index contributed by atoms with van der Waals surface area (Å²) in [7, 11) is 0. The highest BCUT2D eigenvalue weighted by molar-refractivity contribution is 5.88. The van der Waals surface area contributed by atoms with E-state index in [1.165, 1.54) is 25.7 Å². The average molecular weight is 352 g/mol. The normalized spacial score (nSPS) is 27.2. The number of amides is 2. The Morgan fingerprint density at radius 3 is 2.36 bits per heavy atom. The lowest BCUT2D eigenvalue weighted by molar-refractivity contribution is -0.142. The molecule has 6 heteroatoms. The van der Waals surface area contributed by atoms with E-state index in [-0.39, 0.29) is 24.3 Å². The number of fused-ring (bicyclic) bond motifs is 1. The summed E-state index contributed by atoms with van der Waals surface area (Å²) in [5, 5.41) is 14.4. The molecule has 25 heavy (non-hydrogen) atoms. The lowest BCUT2D eigenvalue weighted by Crippen LogP contribution is -2.47. The topological polar surface area (TPSA) is 95.5 Å². The van der Waals surface area contributed by atoms with Gasteiger partial charge in [0, 0.05) is 5.92 Å². The molecule has 0 aliphatic heterocycles. The zero-order chi connectivity index (χ0) is 18.4. The molecular weight excluding hydrogens is 320 g/mol. The molecule has 3 unspecified atom stereocenters. The number of carboxylic acid groups (broad SMARTS) is 1. The van der Waals surface area contributed by atoms with E-state index in [0.29, 0.717) is 12.3 Å². The molecule has 0 bridgehead atoms. The molecule has 2 saturated carbocycles. The summed E-state index contributed by atoms with van der Waals surface area (Å²) in [6.45, 7) is 3.67. The molecule has 2 aliphatic rings. The van der Waals surface area contributed by atoms with Crippen LogP contribution in [0.1, 0.15) is 65.2 Å². The van der Waals surface area contributed by atoms with E-state index in [2.05, 4.69) is 10.6 Å². The van der Waals surface area contributed by atoms with Crippen molar-refractivity contribution in [2.45, 2.75) is 71.3 Å². The molecule has 2 amide bonds. The number of carbonyl (C=O) groups is 3. The maximum atomic E-state index is 12.4. The number of hydrogen-bond acceptors (Lipinski definition) is 3. The first-order chi connectivity index (χ1) is 11.9. The van der Waals surface area contributed by atoms with Crippen LogP contribution in [0.2, 0.25) is 0 Å². The molecule has 0 heterocycles. The zero-order valence-electron chi connectivity index (χ0n) is 15.4. The van der Waals surface area contributed by atoms with Gasteiger partial charge in [-0.2, -0.15) is 0 Å². The van der Waals surface area contributed by atoms with Gasteiger partial charge in [-0.1, -0.05) is 39.5 Å². The Morgan fingerprint density at radius 1 is 1.04 bits per heavy atom. The van der Waals surface area contributed by atoms with Crippen molar-refractivity contribution in [3.8, 4) is 0 Å². The predicted octanol–water partition coefficient (Wildman–Crippen LogP) is 2.32. The Kier molecular flexibility index (Phi) is 7.26. The van der Waals surface area contributed by atoms with Gasteiger partial charge >= 0.3 is 5.97 Å². The second-order valence-corrected chi connectivity index (χ2v) is 8.12. The smallest absolute Gasteiger partial charge is 0.326 e. The van der Waals surface area contributed by atoms with Crippen LogP contribution in [-0.2, 0) is 14.4 Å². The number of nitrogens with one attached hydrogen (secondary N) is 2. The SMILES string of the molecule is CC(C)C[C@H](NC(=O)CNC(=O)C1CCC2CCCCC2C1)C(=O)O. The van der Waals surface area contributed by atoms with Crippen molar-refractivity contribution in [2.24, 2.45) is 23.7 Å². The van der Waals surface area contributed by atoms with Crippen molar-refractivity contribution in [3.63, 3.8) is 0 Å². The quantitative estimate of drug-likeness (QED) is 0.655. The standard InChI is InChI=1S/C19H32N2O4/c1-12(2)9-16(19(24)25)21-17(22)11-20-18(23)15-8-7-13-5-3-4-6-14(13)10-15/h12-16H,3-11H2,1-2H3,(H,20,23)(H,21,22)(H,24,25)/t13?,14?,15?,16-/m0/s1. The van der Waals surface area contributed by atoms with E-state index < -0.39 is 17.9 Å².